The van der Waals surface area contributed by atoms with Gasteiger partial charge in [-0.1, -0.05) is 24.3 Å². The van der Waals surface area contributed by atoms with E-state index in [0.717, 1.165) is 11.3 Å². The third-order valence-electron chi connectivity index (χ3n) is 5.20. The summed E-state index contributed by atoms with van der Waals surface area (Å²) in [6.45, 7) is 0.860. The highest BCUT2D eigenvalue weighted by Gasteiger charge is 2.13. The Kier molecular flexibility index (Phi) is 6.52. The predicted octanol–water partition coefficient (Wildman–Crippen LogP) is 0.0292. The molecule has 0 atom stereocenters. The molecule has 1 amide bonds. The molecule has 12 heteroatoms. The van der Waals surface area contributed by atoms with Crippen LogP contribution in [0.15, 0.2) is 54.7 Å². The lowest BCUT2D eigenvalue weighted by Crippen LogP contribution is -2.29. The Morgan fingerprint density at radius 3 is 2.41 bits per heavy atom. The molecule has 4 aromatic rings. The smallest absolute Gasteiger partial charge is 0.423 e. The van der Waals surface area contributed by atoms with Gasteiger partial charge in [0.25, 0.3) is 0 Å². The fourth-order valence-corrected chi connectivity index (χ4v) is 3.37. The van der Waals surface area contributed by atoms with Crippen LogP contribution in [-0.2, 0) is 13.1 Å². The summed E-state index contributed by atoms with van der Waals surface area (Å²) in [5.41, 5.74) is 15.3. The topological polar surface area (TPSA) is 176 Å². The van der Waals surface area contributed by atoms with E-state index in [1.807, 2.05) is 24.1 Å². The van der Waals surface area contributed by atoms with E-state index in [0.29, 0.717) is 46.8 Å². The minimum absolute atomic E-state index is 0.0717. The second-order valence-electron chi connectivity index (χ2n) is 7.70. The molecule has 0 aliphatic heterocycles. The number of hydrogen-bond acceptors (Lipinski definition) is 10. The lowest BCUT2D eigenvalue weighted by molar-refractivity contribution is 0.100. The standard InChI is InChI=1S/C22H23BN8O3/c1-31(17-8-4-14(5-9-17)19(24)32)12-16-11-27-21-18(28-16)20(29-22(25)30-21)26-10-13-2-6-15(7-3-13)23(33)34/h2-9,11,33-34H,10,12H2,1H3,(H2,24,32)(H3,25,26,27,29,30). The number of nitrogens with two attached hydrogens (primary N) is 2. The summed E-state index contributed by atoms with van der Waals surface area (Å²) < 4.78 is 0. The number of nitrogens with zero attached hydrogens (tertiary/aromatic N) is 5. The first kappa shape index (κ1) is 22.9. The normalized spacial score (nSPS) is 10.8. The molecule has 2 aromatic heterocycles. The first-order valence-electron chi connectivity index (χ1n) is 10.4. The number of amides is 1. The van der Waals surface area contributed by atoms with Crippen LogP contribution in [0.1, 0.15) is 21.6 Å². The lowest BCUT2D eigenvalue weighted by atomic mass is 9.80. The van der Waals surface area contributed by atoms with E-state index in [4.69, 9.17) is 11.5 Å². The van der Waals surface area contributed by atoms with E-state index < -0.39 is 13.0 Å². The molecule has 4 rings (SSSR count). The number of aromatic nitrogens is 4. The molecule has 11 nitrogen and oxygen atoms in total. The molecule has 0 unspecified atom stereocenters. The number of rotatable bonds is 8. The van der Waals surface area contributed by atoms with Crippen LogP contribution in [0.25, 0.3) is 11.2 Å². The predicted molar refractivity (Wildman–Crippen MR) is 130 cm³/mol. The van der Waals surface area contributed by atoms with Crippen LogP contribution in [0.5, 0.6) is 0 Å². The Morgan fingerprint density at radius 2 is 1.76 bits per heavy atom. The van der Waals surface area contributed by atoms with Crippen LogP contribution >= 0.6 is 0 Å². The maximum absolute atomic E-state index is 11.3. The minimum atomic E-state index is -1.51. The zero-order valence-corrected chi connectivity index (χ0v) is 18.4. The van der Waals surface area contributed by atoms with Crippen LogP contribution in [0.3, 0.4) is 0 Å². The van der Waals surface area contributed by atoms with Crippen molar-refractivity contribution >= 4 is 47.1 Å². The van der Waals surface area contributed by atoms with Gasteiger partial charge in [0.1, 0.15) is 0 Å². The van der Waals surface area contributed by atoms with Crippen molar-refractivity contribution in [3.8, 4) is 0 Å². The molecular weight excluding hydrogens is 435 g/mol. The molecule has 0 fully saturated rings. The van der Waals surface area contributed by atoms with Gasteiger partial charge in [-0.25, -0.2) is 9.97 Å². The molecule has 0 radical (unpaired) electrons. The number of fused-ring (bicyclic) bond motifs is 1. The van der Waals surface area contributed by atoms with Crippen LogP contribution < -0.4 is 27.1 Å². The highest BCUT2D eigenvalue weighted by Crippen LogP contribution is 2.21. The molecule has 7 N–H and O–H groups in total. The molecule has 2 aromatic carbocycles. The number of benzene rings is 2. The fourth-order valence-electron chi connectivity index (χ4n) is 3.37. The Morgan fingerprint density at radius 1 is 1.06 bits per heavy atom. The number of carbonyl (C=O) groups is 1. The van der Waals surface area contributed by atoms with Crippen molar-refractivity contribution in [2.45, 2.75) is 13.1 Å². The van der Waals surface area contributed by atoms with E-state index in [-0.39, 0.29) is 5.95 Å². The SMILES string of the molecule is CN(Cc1cnc2nc(N)nc(NCc3ccc(B(O)O)cc3)c2n1)c1ccc(C(N)=O)cc1. The maximum atomic E-state index is 11.3. The number of primary amides is 1. The van der Waals surface area contributed by atoms with Crippen LogP contribution in [0.4, 0.5) is 17.5 Å². The molecule has 34 heavy (non-hydrogen) atoms. The first-order valence-corrected chi connectivity index (χ1v) is 10.4. The molecule has 0 aliphatic rings. The number of anilines is 3. The van der Waals surface area contributed by atoms with E-state index in [1.54, 1.807) is 42.6 Å². The highest BCUT2D eigenvalue weighted by molar-refractivity contribution is 6.58. The van der Waals surface area contributed by atoms with Gasteiger partial charge in [-0.2, -0.15) is 9.97 Å². The average Bonchev–Trinajstić information content (AvgIpc) is 2.83. The summed E-state index contributed by atoms with van der Waals surface area (Å²) in [6.07, 6.45) is 1.63. The van der Waals surface area contributed by atoms with Crippen LogP contribution in [-0.4, -0.2) is 50.1 Å². The van der Waals surface area contributed by atoms with E-state index in [2.05, 4.69) is 25.3 Å². The van der Waals surface area contributed by atoms with Crippen molar-refractivity contribution in [1.82, 2.24) is 19.9 Å². The molecular formula is C22H23BN8O3. The number of carbonyl (C=O) groups excluding carboxylic acids is 1. The minimum Gasteiger partial charge on any atom is -0.423 e. The number of nitrogens with one attached hydrogen (secondary N) is 1. The average molecular weight is 458 g/mol. The van der Waals surface area contributed by atoms with Gasteiger partial charge >= 0.3 is 7.12 Å². The van der Waals surface area contributed by atoms with Gasteiger partial charge in [0.2, 0.25) is 11.9 Å². The Bertz CT molecular complexity index is 1320. The molecule has 0 bridgehead atoms. The van der Waals surface area contributed by atoms with Crippen LogP contribution in [0, 0.1) is 0 Å². The third-order valence-corrected chi connectivity index (χ3v) is 5.20. The van der Waals surface area contributed by atoms with Crippen molar-refractivity contribution < 1.29 is 14.8 Å². The summed E-state index contributed by atoms with van der Waals surface area (Å²) >= 11 is 0. The van der Waals surface area contributed by atoms with Gasteiger partial charge in [-0.3, -0.25) is 4.79 Å². The van der Waals surface area contributed by atoms with Crippen molar-refractivity contribution in [3.63, 3.8) is 0 Å². The van der Waals surface area contributed by atoms with E-state index in [1.165, 1.54) is 0 Å². The zero-order valence-electron chi connectivity index (χ0n) is 18.4. The van der Waals surface area contributed by atoms with Gasteiger partial charge in [0.05, 0.1) is 18.4 Å². The molecule has 0 saturated carbocycles. The van der Waals surface area contributed by atoms with Crippen LogP contribution in [0.2, 0.25) is 0 Å². The van der Waals surface area contributed by atoms with Gasteiger partial charge in [-0.15, -0.1) is 0 Å². The molecule has 0 spiro atoms. The monoisotopic (exact) mass is 458 g/mol. The van der Waals surface area contributed by atoms with Gasteiger partial charge in [0.15, 0.2) is 17.0 Å². The number of nitrogen functional groups attached to an aromatic ring is 1. The summed E-state index contributed by atoms with van der Waals surface area (Å²) in [5, 5.41) is 21.7. The Balaban J connectivity index is 1.54. The van der Waals surface area contributed by atoms with Gasteiger partial charge < -0.3 is 31.7 Å². The third kappa shape index (κ3) is 5.19. The zero-order chi connectivity index (χ0) is 24.2. The number of hydrogen-bond donors (Lipinski definition) is 5. The van der Waals surface area contributed by atoms with Gasteiger partial charge in [-0.05, 0) is 35.3 Å². The highest BCUT2D eigenvalue weighted by atomic mass is 16.4. The van der Waals surface area contributed by atoms with Crippen molar-refractivity contribution in [3.05, 3.63) is 71.5 Å². The summed E-state index contributed by atoms with van der Waals surface area (Å²) in [6, 6.07) is 13.8. The maximum Gasteiger partial charge on any atom is 0.488 e. The van der Waals surface area contributed by atoms with E-state index in [9.17, 15) is 14.8 Å². The summed E-state index contributed by atoms with van der Waals surface area (Å²) in [5.74, 6) is 0.0369. The molecule has 0 saturated heterocycles. The Labute approximate surface area is 195 Å². The first-order chi connectivity index (χ1) is 16.3. The van der Waals surface area contributed by atoms with Crippen molar-refractivity contribution in [2.75, 3.05) is 23.0 Å². The molecule has 0 aliphatic carbocycles. The quantitative estimate of drug-likeness (QED) is 0.226. The molecule has 2 heterocycles. The summed E-state index contributed by atoms with van der Waals surface area (Å²) in [4.78, 5) is 30.8. The van der Waals surface area contributed by atoms with E-state index >= 15 is 0 Å². The summed E-state index contributed by atoms with van der Waals surface area (Å²) in [7, 11) is 0.386. The molecule has 172 valence electrons. The van der Waals surface area contributed by atoms with Gasteiger partial charge in [0, 0.05) is 24.8 Å². The fraction of sp³-hybridized carbons (Fsp3) is 0.136. The Hall–Kier alpha value is -4.29. The van der Waals surface area contributed by atoms with Crippen molar-refractivity contribution in [2.24, 2.45) is 5.73 Å². The second kappa shape index (κ2) is 9.69. The van der Waals surface area contributed by atoms with Crippen molar-refractivity contribution in [1.29, 1.82) is 0 Å². The second-order valence-corrected chi connectivity index (χ2v) is 7.70. The lowest BCUT2D eigenvalue weighted by Gasteiger charge is -2.19. The largest absolute Gasteiger partial charge is 0.488 e.